The number of hydrogen-bond acceptors (Lipinski definition) is 1. The Bertz CT molecular complexity index is 328. The first-order chi connectivity index (χ1) is 5.68. The smallest absolute Gasteiger partial charge is 0.270 e. The summed E-state index contributed by atoms with van der Waals surface area (Å²) in [5.74, 6) is 0.0735. The van der Waals surface area contributed by atoms with E-state index in [9.17, 15) is 4.79 Å². The summed E-state index contributed by atoms with van der Waals surface area (Å²) in [6.07, 6.45) is 1.73. The lowest BCUT2D eigenvalue weighted by Crippen LogP contribution is -2.13. The number of halogens is 1. The molecule has 64 valence electrons. The number of aromatic nitrogens is 1. The first kappa shape index (κ1) is 7.68. The summed E-state index contributed by atoms with van der Waals surface area (Å²) >= 11 is 5.74. The van der Waals surface area contributed by atoms with E-state index in [1.165, 1.54) is 0 Å². The summed E-state index contributed by atoms with van der Waals surface area (Å²) in [6.45, 7) is 1.75. The second kappa shape index (κ2) is 2.52. The number of carbonyl (C=O) groups excluding carboxylic acids is 1. The van der Waals surface area contributed by atoms with Crippen LogP contribution in [0.3, 0.4) is 0 Å². The third-order valence-electron chi connectivity index (χ3n) is 1.93. The summed E-state index contributed by atoms with van der Waals surface area (Å²) < 4.78 is 1.75. The van der Waals surface area contributed by atoms with Crippen molar-refractivity contribution in [2.75, 3.05) is 13.1 Å². The number of amides is 1. The van der Waals surface area contributed by atoms with E-state index in [1.807, 2.05) is 7.05 Å². The Morgan fingerprint density at radius 1 is 1.58 bits per heavy atom. The van der Waals surface area contributed by atoms with Crippen LogP contribution in [0.2, 0.25) is 5.02 Å². The zero-order valence-electron chi connectivity index (χ0n) is 6.75. The van der Waals surface area contributed by atoms with Crippen LogP contribution < -0.4 is 0 Å². The number of nitrogens with zero attached hydrogens (tertiary/aromatic N) is 2. The molecule has 1 fully saturated rings. The Kier molecular flexibility index (Phi) is 1.61. The lowest BCUT2D eigenvalue weighted by Gasteiger charge is -2.01. The van der Waals surface area contributed by atoms with Gasteiger partial charge in [0.2, 0.25) is 0 Å². The van der Waals surface area contributed by atoms with Gasteiger partial charge >= 0.3 is 0 Å². The second-order valence-electron chi connectivity index (χ2n) is 2.95. The van der Waals surface area contributed by atoms with Crippen LogP contribution in [0.1, 0.15) is 10.5 Å². The molecule has 4 heteroatoms. The van der Waals surface area contributed by atoms with Crippen LogP contribution in [0.4, 0.5) is 0 Å². The maximum Gasteiger partial charge on any atom is 0.270 e. The largest absolute Gasteiger partial charge is 0.345 e. The predicted molar refractivity (Wildman–Crippen MR) is 46.3 cm³/mol. The molecule has 0 saturated carbocycles. The summed E-state index contributed by atoms with van der Waals surface area (Å²) in [6, 6.07) is 1.70. The second-order valence-corrected chi connectivity index (χ2v) is 3.38. The molecule has 0 N–H and O–H groups in total. The Labute approximate surface area is 75.5 Å². The van der Waals surface area contributed by atoms with Gasteiger partial charge in [-0.2, -0.15) is 0 Å². The molecule has 1 amide bonds. The highest BCUT2D eigenvalue weighted by molar-refractivity contribution is 6.31. The maximum absolute atomic E-state index is 11.5. The fraction of sp³-hybridized carbons (Fsp3) is 0.375. The Morgan fingerprint density at radius 2 is 2.25 bits per heavy atom. The topological polar surface area (TPSA) is 25.0 Å². The number of hydrogen-bond donors (Lipinski definition) is 0. The van der Waals surface area contributed by atoms with Crippen LogP contribution in [0.5, 0.6) is 0 Å². The van der Waals surface area contributed by atoms with Gasteiger partial charge in [-0.3, -0.25) is 4.79 Å². The van der Waals surface area contributed by atoms with Gasteiger partial charge < -0.3 is 9.47 Å². The van der Waals surface area contributed by atoms with Gasteiger partial charge in [-0.1, -0.05) is 11.6 Å². The van der Waals surface area contributed by atoms with Gasteiger partial charge in [0.25, 0.3) is 5.91 Å². The van der Waals surface area contributed by atoms with Crippen LogP contribution in [-0.4, -0.2) is 28.5 Å². The van der Waals surface area contributed by atoms with E-state index < -0.39 is 0 Å². The zero-order valence-corrected chi connectivity index (χ0v) is 7.51. The highest BCUT2D eigenvalue weighted by Crippen LogP contribution is 2.17. The van der Waals surface area contributed by atoms with Gasteiger partial charge in [-0.25, -0.2) is 0 Å². The lowest BCUT2D eigenvalue weighted by atomic mass is 10.4. The Hall–Kier alpha value is -0.960. The molecule has 0 bridgehead atoms. The molecule has 12 heavy (non-hydrogen) atoms. The van der Waals surface area contributed by atoms with Crippen molar-refractivity contribution in [1.82, 2.24) is 9.47 Å². The van der Waals surface area contributed by atoms with Crippen molar-refractivity contribution in [1.29, 1.82) is 0 Å². The molecule has 0 spiro atoms. The van der Waals surface area contributed by atoms with Gasteiger partial charge in [0.15, 0.2) is 0 Å². The first-order valence-electron chi connectivity index (χ1n) is 3.79. The van der Waals surface area contributed by atoms with Crippen molar-refractivity contribution < 1.29 is 4.79 Å². The van der Waals surface area contributed by atoms with E-state index in [4.69, 9.17) is 11.6 Å². The van der Waals surface area contributed by atoms with Crippen LogP contribution >= 0.6 is 11.6 Å². The quantitative estimate of drug-likeness (QED) is 0.601. The Balaban J connectivity index is 2.31. The molecule has 1 aromatic rings. The number of rotatable bonds is 1. The van der Waals surface area contributed by atoms with Gasteiger partial charge in [-0.15, -0.1) is 0 Å². The van der Waals surface area contributed by atoms with E-state index in [2.05, 4.69) is 0 Å². The molecular formula is C8H9ClN2O. The minimum Gasteiger partial charge on any atom is -0.345 e. The first-order valence-corrected chi connectivity index (χ1v) is 4.17. The van der Waals surface area contributed by atoms with Crippen LogP contribution in [0.15, 0.2) is 12.3 Å². The molecule has 2 heterocycles. The third-order valence-corrected chi connectivity index (χ3v) is 2.13. The fourth-order valence-electron chi connectivity index (χ4n) is 1.15. The van der Waals surface area contributed by atoms with Crippen molar-refractivity contribution in [2.24, 2.45) is 7.05 Å². The molecular weight excluding hydrogens is 176 g/mol. The summed E-state index contributed by atoms with van der Waals surface area (Å²) in [7, 11) is 1.82. The van der Waals surface area contributed by atoms with E-state index in [0.29, 0.717) is 10.7 Å². The fourth-order valence-corrected chi connectivity index (χ4v) is 1.40. The lowest BCUT2D eigenvalue weighted by molar-refractivity contribution is 0.0877. The predicted octanol–water partition coefficient (Wildman–Crippen LogP) is 1.13. The molecule has 0 aliphatic carbocycles. The Morgan fingerprint density at radius 3 is 2.67 bits per heavy atom. The van der Waals surface area contributed by atoms with Gasteiger partial charge in [-0.05, 0) is 6.07 Å². The summed E-state index contributed by atoms with van der Waals surface area (Å²) in [4.78, 5) is 13.3. The van der Waals surface area contributed by atoms with Crippen molar-refractivity contribution in [3.05, 3.63) is 23.0 Å². The standard InChI is InChI=1S/C8H9ClN2O/c1-10-5-6(9)4-7(10)8(12)11-2-3-11/h4-5H,2-3H2,1H3. The molecule has 2 rings (SSSR count). The van der Waals surface area contributed by atoms with E-state index in [1.54, 1.807) is 21.7 Å². The molecule has 0 atom stereocenters. The van der Waals surface area contributed by atoms with Gasteiger partial charge in [0, 0.05) is 26.3 Å². The molecule has 1 aliphatic heterocycles. The van der Waals surface area contributed by atoms with E-state index in [-0.39, 0.29) is 5.91 Å². The van der Waals surface area contributed by atoms with Crippen molar-refractivity contribution in [3.8, 4) is 0 Å². The summed E-state index contributed by atoms with van der Waals surface area (Å²) in [5, 5.41) is 0.614. The van der Waals surface area contributed by atoms with Crippen LogP contribution in [-0.2, 0) is 7.05 Å². The zero-order chi connectivity index (χ0) is 8.72. The van der Waals surface area contributed by atoms with Crippen molar-refractivity contribution in [3.63, 3.8) is 0 Å². The van der Waals surface area contributed by atoms with E-state index >= 15 is 0 Å². The maximum atomic E-state index is 11.5. The number of carbonyl (C=O) groups is 1. The third kappa shape index (κ3) is 1.20. The molecule has 3 nitrogen and oxygen atoms in total. The molecule has 1 aliphatic rings. The average molecular weight is 185 g/mol. The van der Waals surface area contributed by atoms with Crippen molar-refractivity contribution in [2.45, 2.75) is 0 Å². The minimum atomic E-state index is 0.0735. The number of aryl methyl sites for hydroxylation is 1. The minimum absolute atomic E-state index is 0.0735. The van der Waals surface area contributed by atoms with Crippen LogP contribution in [0.25, 0.3) is 0 Å². The van der Waals surface area contributed by atoms with Gasteiger partial charge in [0.1, 0.15) is 5.69 Å². The highest BCUT2D eigenvalue weighted by atomic mass is 35.5. The molecule has 1 aromatic heterocycles. The van der Waals surface area contributed by atoms with Gasteiger partial charge in [0.05, 0.1) is 5.02 Å². The molecule has 1 saturated heterocycles. The monoisotopic (exact) mass is 184 g/mol. The molecule has 0 radical (unpaired) electrons. The van der Waals surface area contributed by atoms with Crippen LogP contribution in [0, 0.1) is 0 Å². The molecule has 0 aromatic carbocycles. The average Bonchev–Trinajstić information content (AvgIpc) is 2.77. The summed E-state index contributed by atoms with van der Waals surface area (Å²) in [5.41, 5.74) is 0.664. The highest BCUT2D eigenvalue weighted by Gasteiger charge is 2.26. The SMILES string of the molecule is Cn1cc(Cl)cc1C(=O)N1CC1. The molecule has 0 unspecified atom stereocenters. The van der Waals surface area contributed by atoms with Crippen molar-refractivity contribution >= 4 is 17.5 Å². The normalized spacial score (nSPS) is 15.0. The van der Waals surface area contributed by atoms with E-state index in [0.717, 1.165) is 13.1 Å².